The van der Waals surface area contributed by atoms with Crippen LogP contribution >= 0.6 is 0 Å². The summed E-state index contributed by atoms with van der Waals surface area (Å²) in [5.74, 6) is 0.931. The Labute approximate surface area is 184 Å². The van der Waals surface area contributed by atoms with Crippen LogP contribution in [0.4, 0.5) is 0 Å². The molecule has 0 bridgehead atoms. The summed E-state index contributed by atoms with van der Waals surface area (Å²) in [5, 5.41) is 6.91. The smallest absolute Gasteiger partial charge is 0.255 e. The minimum Gasteiger partial charge on any atom is -0.484 e. The average molecular weight is 424 g/mol. The molecule has 0 spiro atoms. The fourth-order valence-corrected chi connectivity index (χ4v) is 3.74. The first kappa shape index (κ1) is 22.6. The summed E-state index contributed by atoms with van der Waals surface area (Å²) in [6.07, 6.45) is 2.17. The van der Waals surface area contributed by atoms with Crippen LogP contribution in [-0.2, 0) is 17.9 Å². The summed E-state index contributed by atoms with van der Waals surface area (Å²) in [7, 11) is 1.79. The van der Waals surface area contributed by atoms with E-state index < -0.39 is 5.91 Å². The number of rotatable bonds is 8. The molecule has 2 aromatic rings. The van der Waals surface area contributed by atoms with Gasteiger partial charge in [-0.3, -0.25) is 14.7 Å². The summed E-state index contributed by atoms with van der Waals surface area (Å²) in [6.45, 7) is 5.83. The number of hydrogen-bond acceptors (Lipinski definition) is 4. The maximum atomic E-state index is 10.9. The number of hydrogen-bond donors (Lipinski definition) is 3. The Hall–Kier alpha value is -3.06. The van der Waals surface area contributed by atoms with Crippen LogP contribution in [0.5, 0.6) is 5.75 Å². The van der Waals surface area contributed by atoms with Gasteiger partial charge in [0.25, 0.3) is 5.91 Å². The van der Waals surface area contributed by atoms with Crippen LogP contribution in [-0.4, -0.2) is 49.6 Å². The zero-order valence-electron chi connectivity index (χ0n) is 18.4. The van der Waals surface area contributed by atoms with E-state index in [1.807, 2.05) is 24.3 Å². The number of carbonyl (C=O) groups is 1. The highest BCUT2D eigenvalue weighted by Gasteiger charge is 2.20. The molecule has 0 aliphatic carbocycles. The van der Waals surface area contributed by atoms with E-state index >= 15 is 0 Å². The van der Waals surface area contributed by atoms with Crippen LogP contribution in [0.2, 0.25) is 0 Å². The van der Waals surface area contributed by atoms with Crippen molar-refractivity contribution in [3.05, 3.63) is 65.2 Å². The second kappa shape index (κ2) is 11.4. The van der Waals surface area contributed by atoms with Crippen molar-refractivity contribution >= 4 is 11.9 Å². The SMILES string of the molecule is CN=C(NCc1cccc(OCC(N)=O)c1)NC1CCN(Cc2ccccc2C)CC1. The van der Waals surface area contributed by atoms with Gasteiger partial charge in [-0.1, -0.05) is 36.4 Å². The summed E-state index contributed by atoms with van der Waals surface area (Å²) in [6, 6.07) is 16.6. The molecule has 1 aliphatic rings. The molecule has 1 fully saturated rings. The number of aryl methyl sites for hydroxylation is 1. The molecule has 0 unspecified atom stereocenters. The number of guanidine groups is 1. The maximum absolute atomic E-state index is 10.9. The van der Waals surface area contributed by atoms with Crippen molar-refractivity contribution in [2.45, 2.75) is 38.9 Å². The number of carbonyl (C=O) groups excluding carboxylic acids is 1. The molecule has 166 valence electrons. The highest BCUT2D eigenvalue weighted by molar-refractivity contribution is 5.80. The van der Waals surface area contributed by atoms with Crippen molar-refractivity contribution in [3.63, 3.8) is 0 Å². The Balaban J connectivity index is 1.43. The highest BCUT2D eigenvalue weighted by Crippen LogP contribution is 2.16. The van der Waals surface area contributed by atoms with Crippen molar-refractivity contribution in [3.8, 4) is 5.75 Å². The number of piperidine rings is 1. The van der Waals surface area contributed by atoms with Gasteiger partial charge in [0.2, 0.25) is 0 Å². The van der Waals surface area contributed by atoms with Gasteiger partial charge in [0.15, 0.2) is 12.6 Å². The lowest BCUT2D eigenvalue weighted by Crippen LogP contribution is -2.48. The minimum atomic E-state index is -0.488. The quantitative estimate of drug-likeness (QED) is 0.447. The molecule has 1 saturated heterocycles. The van der Waals surface area contributed by atoms with Gasteiger partial charge in [-0.2, -0.15) is 0 Å². The molecule has 1 aliphatic heterocycles. The number of amides is 1. The van der Waals surface area contributed by atoms with E-state index in [9.17, 15) is 4.79 Å². The number of nitrogens with zero attached hydrogens (tertiary/aromatic N) is 2. The fraction of sp³-hybridized carbons (Fsp3) is 0.417. The maximum Gasteiger partial charge on any atom is 0.255 e. The van der Waals surface area contributed by atoms with Crippen LogP contribution in [0.3, 0.4) is 0 Å². The van der Waals surface area contributed by atoms with E-state index in [4.69, 9.17) is 10.5 Å². The van der Waals surface area contributed by atoms with Gasteiger partial charge in [0.05, 0.1) is 0 Å². The standard InChI is InChI=1S/C24H33N5O2/c1-18-6-3-4-8-20(18)16-29-12-10-21(11-13-29)28-24(26-2)27-15-19-7-5-9-22(14-19)31-17-23(25)30/h3-9,14,21H,10-13,15-17H2,1-2H3,(H2,25,30)(H2,26,27,28). The van der Waals surface area contributed by atoms with E-state index in [0.717, 1.165) is 44.0 Å². The van der Waals surface area contributed by atoms with Crippen LogP contribution in [0.15, 0.2) is 53.5 Å². The largest absolute Gasteiger partial charge is 0.484 e. The lowest BCUT2D eigenvalue weighted by atomic mass is 10.0. The molecule has 7 nitrogen and oxygen atoms in total. The molecular weight excluding hydrogens is 390 g/mol. The van der Waals surface area contributed by atoms with Gasteiger partial charge >= 0.3 is 0 Å². The summed E-state index contributed by atoms with van der Waals surface area (Å²) in [5.41, 5.74) is 8.94. The van der Waals surface area contributed by atoms with E-state index in [1.165, 1.54) is 11.1 Å². The minimum absolute atomic E-state index is 0.122. The molecule has 1 amide bonds. The van der Waals surface area contributed by atoms with Crippen LogP contribution in [0, 0.1) is 6.92 Å². The molecule has 0 radical (unpaired) electrons. The van der Waals surface area contributed by atoms with Gasteiger partial charge in [-0.15, -0.1) is 0 Å². The Morgan fingerprint density at radius 2 is 1.97 bits per heavy atom. The Bertz CT molecular complexity index is 891. The monoisotopic (exact) mass is 423 g/mol. The Morgan fingerprint density at radius 3 is 2.68 bits per heavy atom. The van der Waals surface area contributed by atoms with Gasteiger partial charge in [0, 0.05) is 39.3 Å². The second-order valence-electron chi connectivity index (χ2n) is 7.95. The lowest BCUT2D eigenvalue weighted by Gasteiger charge is -2.33. The first-order valence-electron chi connectivity index (χ1n) is 10.8. The molecule has 31 heavy (non-hydrogen) atoms. The number of ether oxygens (including phenoxy) is 1. The van der Waals surface area contributed by atoms with Crippen molar-refractivity contribution in [2.75, 3.05) is 26.7 Å². The predicted octanol–water partition coefficient (Wildman–Crippen LogP) is 2.19. The van der Waals surface area contributed by atoms with Crippen molar-refractivity contribution in [1.82, 2.24) is 15.5 Å². The molecule has 2 aromatic carbocycles. The Morgan fingerprint density at radius 1 is 1.19 bits per heavy atom. The van der Waals surface area contributed by atoms with E-state index in [2.05, 4.69) is 51.7 Å². The number of nitrogens with two attached hydrogens (primary N) is 1. The van der Waals surface area contributed by atoms with Crippen molar-refractivity contribution in [2.24, 2.45) is 10.7 Å². The molecule has 0 saturated carbocycles. The molecule has 0 aromatic heterocycles. The average Bonchev–Trinajstić information content (AvgIpc) is 2.78. The molecule has 1 heterocycles. The normalized spacial score (nSPS) is 15.5. The highest BCUT2D eigenvalue weighted by atomic mass is 16.5. The Kier molecular flexibility index (Phi) is 8.29. The topological polar surface area (TPSA) is 92.0 Å². The molecule has 3 rings (SSSR count). The van der Waals surface area contributed by atoms with E-state index in [0.29, 0.717) is 18.3 Å². The lowest BCUT2D eigenvalue weighted by molar-refractivity contribution is -0.119. The van der Waals surface area contributed by atoms with Crippen molar-refractivity contribution in [1.29, 1.82) is 0 Å². The molecule has 4 N–H and O–H groups in total. The van der Waals surface area contributed by atoms with Gasteiger partial charge in [-0.05, 0) is 48.6 Å². The third kappa shape index (κ3) is 7.29. The number of aliphatic imine (C=N–C) groups is 1. The van der Waals surface area contributed by atoms with Crippen LogP contribution in [0.1, 0.15) is 29.5 Å². The summed E-state index contributed by atoms with van der Waals surface area (Å²) >= 11 is 0. The molecule has 7 heteroatoms. The fourth-order valence-electron chi connectivity index (χ4n) is 3.74. The molecule has 0 atom stereocenters. The van der Waals surface area contributed by atoms with Gasteiger partial charge < -0.3 is 21.1 Å². The number of benzene rings is 2. The zero-order valence-corrected chi connectivity index (χ0v) is 18.4. The first-order chi connectivity index (χ1) is 15.0. The van der Waals surface area contributed by atoms with Crippen LogP contribution < -0.4 is 21.1 Å². The number of nitrogens with one attached hydrogen (secondary N) is 2. The van der Waals surface area contributed by atoms with Crippen molar-refractivity contribution < 1.29 is 9.53 Å². The second-order valence-corrected chi connectivity index (χ2v) is 7.95. The number of likely N-dealkylation sites (tertiary alicyclic amines) is 1. The van der Waals surface area contributed by atoms with E-state index in [-0.39, 0.29) is 6.61 Å². The summed E-state index contributed by atoms with van der Waals surface area (Å²) < 4.78 is 5.37. The van der Waals surface area contributed by atoms with Gasteiger partial charge in [-0.25, -0.2) is 0 Å². The summed E-state index contributed by atoms with van der Waals surface area (Å²) in [4.78, 5) is 17.8. The molecular formula is C24H33N5O2. The van der Waals surface area contributed by atoms with Crippen LogP contribution in [0.25, 0.3) is 0 Å². The third-order valence-corrected chi connectivity index (χ3v) is 5.55. The third-order valence-electron chi connectivity index (χ3n) is 5.55. The predicted molar refractivity (Wildman–Crippen MR) is 124 cm³/mol. The number of primary amides is 1. The van der Waals surface area contributed by atoms with Gasteiger partial charge in [0.1, 0.15) is 5.75 Å². The zero-order chi connectivity index (χ0) is 22.1. The first-order valence-corrected chi connectivity index (χ1v) is 10.8. The van der Waals surface area contributed by atoms with E-state index in [1.54, 1.807) is 7.05 Å².